The van der Waals surface area contributed by atoms with Gasteiger partial charge in [0.15, 0.2) is 0 Å². The van der Waals surface area contributed by atoms with E-state index in [1.807, 2.05) is 0 Å². The Morgan fingerprint density at radius 2 is 1.19 bits per heavy atom. The molecule has 0 fully saturated rings. The predicted molar refractivity (Wildman–Crippen MR) is 71.2 cm³/mol. The van der Waals surface area contributed by atoms with Gasteiger partial charge in [-0.25, -0.2) is 0 Å². The molecule has 0 saturated carbocycles. The standard InChI is InChI=1S/C16H22/c1-11-5-7-15(9-11)13(3)14(4)16-8-6-12(2)10-16/h7-10,13-14H,5-6H2,1-4H3/t13-,14+. The van der Waals surface area contributed by atoms with Crippen LogP contribution in [0.2, 0.25) is 0 Å². The molecule has 0 unspecified atom stereocenters. The zero-order chi connectivity index (χ0) is 11.7. The lowest BCUT2D eigenvalue weighted by molar-refractivity contribution is 0.522. The second kappa shape index (κ2) is 4.45. The summed E-state index contributed by atoms with van der Waals surface area (Å²) in [6, 6.07) is 0. The van der Waals surface area contributed by atoms with E-state index in [1.54, 1.807) is 0 Å². The SMILES string of the molecule is CC1=CC([C@@H](C)[C@@H](C)C2=CCC(C)=C2)=CC1. The molecule has 0 N–H and O–H groups in total. The van der Waals surface area contributed by atoms with Crippen LogP contribution in [0.3, 0.4) is 0 Å². The largest absolute Gasteiger partial charge is 0.0770 e. The fourth-order valence-electron chi connectivity index (χ4n) is 2.57. The summed E-state index contributed by atoms with van der Waals surface area (Å²) in [4.78, 5) is 0. The quantitative estimate of drug-likeness (QED) is 0.632. The first-order valence-corrected chi connectivity index (χ1v) is 6.32. The molecule has 0 aliphatic heterocycles. The van der Waals surface area contributed by atoms with Gasteiger partial charge in [-0.3, -0.25) is 0 Å². The third-order valence-corrected chi connectivity index (χ3v) is 3.95. The number of hydrogen-bond donors (Lipinski definition) is 0. The maximum atomic E-state index is 2.39. The van der Waals surface area contributed by atoms with Gasteiger partial charge in [0.25, 0.3) is 0 Å². The van der Waals surface area contributed by atoms with Crippen LogP contribution in [0.4, 0.5) is 0 Å². The summed E-state index contributed by atoms with van der Waals surface area (Å²) in [5.41, 5.74) is 6.06. The van der Waals surface area contributed by atoms with E-state index in [1.165, 1.54) is 22.3 Å². The monoisotopic (exact) mass is 214 g/mol. The van der Waals surface area contributed by atoms with Crippen LogP contribution in [-0.2, 0) is 0 Å². The average Bonchev–Trinajstić information content (AvgIpc) is 2.85. The summed E-state index contributed by atoms with van der Waals surface area (Å²) in [5, 5.41) is 0. The number of rotatable bonds is 3. The van der Waals surface area contributed by atoms with Crippen molar-refractivity contribution in [2.24, 2.45) is 11.8 Å². The van der Waals surface area contributed by atoms with Crippen molar-refractivity contribution in [1.82, 2.24) is 0 Å². The summed E-state index contributed by atoms with van der Waals surface area (Å²) in [5.74, 6) is 1.29. The van der Waals surface area contributed by atoms with Crippen LogP contribution in [-0.4, -0.2) is 0 Å². The van der Waals surface area contributed by atoms with Crippen molar-refractivity contribution in [3.05, 3.63) is 46.6 Å². The van der Waals surface area contributed by atoms with Crippen LogP contribution >= 0.6 is 0 Å². The second-order valence-corrected chi connectivity index (χ2v) is 5.38. The van der Waals surface area contributed by atoms with Gasteiger partial charge in [0.2, 0.25) is 0 Å². The lowest BCUT2D eigenvalue weighted by atomic mass is 9.84. The summed E-state index contributed by atoms with van der Waals surface area (Å²) in [6.45, 7) is 9.15. The Morgan fingerprint density at radius 1 is 0.812 bits per heavy atom. The smallest absolute Gasteiger partial charge is 0.0127 e. The first-order chi connectivity index (χ1) is 7.58. The van der Waals surface area contributed by atoms with E-state index in [9.17, 15) is 0 Å². The molecule has 2 rings (SSSR count). The lowest BCUT2D eigenvalue weighted by Gasteiger charge is -2.21. The van der Waals surface area contributed by atoms with Gasteiger partial charge >= 0.3 is 0 Å². The molecule has 0 amide bonds. The van der Waals surface area contributed by atoms with Crippen molar-refractivity contribution in [3.63, 3.8) is 0 Å². The minimum Gasteiger partial charge on any atom is -0.0770 e. The molecule has 0 radical (unpaired) electrons. The first-order valence-electron chi connectivity index (χ1n) is 6.32. The Labute approximate surface area is 99.4 Å². The zero-order valence-corrected chi connectivity index (χ0v) is 10.9. The maximum absolute atomic E-state index is 2.39. The van der Waals surface area contributed by atoms with E-state index in [4.69, 9.17) is 0 Å². The van der Waals surface area contributed by atoms with Gasteiger partial charge in [-0.05, 0) is 49.7 Å². The normalized spacial score (nSPS) is 23.5. The molecule has 2 aliphatic carbocycles. The van der Waals surface area contributed by atoms with E-state index >= 15 is 0 Å². The Hall–Kier alpha value is -1.04. The summed E-state index contributed by atoms with van der Waals surface area (Å²) >= 11 is 0. The van der Waals surface area contributed by atoms with Crippen LogP contribution in [0.25, 0.3) is 0 Å². The van der Waals surface area contributed by atoms with Gasteiger partial charge in [0, 0.05) is 0 Å². The van der Waals surface area contributed by atoms with Gasteiger partial charge in [0.1, 0.15) is 0 Å². The molecule has 2 atom stereocenters. The highest BCUT2D eigenvalue weighted by Gasteiger charge is 2.21. The summed E-state index contributed by atoms with van der Waals surface area (Å²) < 4.78 is 0. The number of allylic oxidation sites excluding steroid dienone is 8. The molecule has 0 aromatic rings. The molecular formula is C16H22. The molecule has 0 heterocycles. The molecule has 2 aliphatic rings. The molecule has 86 valence electrons. The Bertz CT molecular complexity index is 362. The molecule has 16 heavy (non-hydrogen) atoms. The molecule has 0 bridgehead atoms. The molecule has 0 saturated heterocycles. The van der Waals surface area contributed by atoms with Gasteiger partial charge in [0.05, 0.1) is 0 Å². The fraction of sp³-hybridized carbons (Fsp3) is 0.500. The van der Waals surface area contributed by atoms with Crippen LogP contribution in [0.1, 0.15) is 40.5 Å². The molecule has 0 aromatic heterocycles. The minimum atomic E-state index is 0.644. The van der Waals surface area contributed by atoms with E-state index in [-0.39, 0.29) is 0 Å². The van der Waals surface area contributed by atoms with E-state index in [0.717, 1.165) is 12.8 Å². The van der Waals surface area contributed by atoms with Crippen LogP contribution in [0, 0.1) is 11.8 Å². The van der Waals surface area contributed by atoms with Crippen molar-refractivity contribution < 1.29 is 0 Å². The second-order valence-electron chi connectivity index (χ2n) is 5.38. The van der Waals surface area contributed by atoms with Crippen molar-refractivity contribution in [3.8, 4) is 0 Å². The first kappa shape index (κ1) is 11.4. The van der Waals surface area contributed by atoms with E-state index in [2.05, 4.69) is 52.0 Å². The summed E-state index contributed by atoms with van der Waals surface area (Å²) in [6.07, 6.45) is 11.8. The fourth-order valence-corrected chi connectivity index (χ4v) is 2.57. The minimum absolute atomic E-state index is 0.644. The Kier molecular flexibility index (Phi) is 3.18. The Balaban J connectivity index is 2.08. The maximum Gasteiger partial charge on any atom is -0.0127 e. The third kappa shape index (κ3) is 2.21. The zero-order valence-electron chi connectivity index (χ0n) is 10.9. The molecule has 0 aromatic carbocycles. The Morgan fingerprint density at radius 3 is 1.44 bits per heavy atom. The van der Waals surface area contributed by atoms with Crippen molar-refractivity contribution in [2.75, 3.05) is 0 Å². The average molecular weight is 214 g/mol. The highest BCUT2D eigenvalue weighted by Crippen LogP contribution is 2.34. The van der Waals surface area contributed by atoms with Gasteiger partial charge < -0.3 is 0 Å². The van der Waals surface area contributed by atoms with Crippen LogP contribution in [0.15, 0.2) is 46.6 Å². The van der Waals surface area contributed by atoms with E-state index in [0.29, 0.717) is 11.8 Å². The van der Waals surface area contributed by atoms with Gasteiger partial charge in [-0.1, -0.05) is 49.3 Å². The van der Waals surface area contributed by atoms with Gasteiger partial charge in [-0.15, -0.1) is 0 Å². The lowest BCUT2D eigenvalue weighted by Crippen LogP contribution is -2.10. The summed E-state index contributed by atoms with van der Waals surface area (Å²) in [7, 11) is 0. The van der Waals surface area contributed by atoms with E-state index < -0.39 is 0 Å². The van der Waals surface area contributed by atoms with Crippen LogP contribution in [0.5, 0.6) is 0 Å². The molecule has 0 nitrogen and oxygen atoms in total. The predicted octanol–water partition coefficient (Wildman–Crippen LogP) is 4.81. The third-order valence-electron chi connectivity index (χ3n) is 3.95. The topological polar surface area (TPSA) is 0 Å². The highest BCUT2D eigenvalue weighted by atomic mass is 14.3. The molecule has 0 heteroatoms. The van der Waals surface area contributed by atoms with Crippen molar-refractivity contribution >= 4 is 0 Å². The number of hydrogen-bond acceptors (Lipinski definition) is 0. The van der Waals surface area contributed by atoms with Crippen molar-refractivity contribution in [2.45, 2.75) is 40.5 Å². The molecule has 0 spiro atoms. The molecular weight excluding hydrogens is 192 g/mol. The van der Waals surface area contributed by atoms with Gasteiger partial charge in [-0.2, -0.15) is 0 Å². The van der Waals surface area contributed by atoms with Crippen molar-refractivity contribution in [1.29, 1.82) is 0 Å². The van der Waals surface area contributed by atoms with Crippen LogP contribution < -0.4 is 0 Å². The highest BCUT2D eigenvalue weighted by molar-refractivity contribution is 5.38.